The molecule has 3 nitrogen and oxygen atoms in total. The Hall–Kier alpha value is -0.860. The highest BCUT2D eigenvalue weighted by molar-refractivity contribution is 5.83. The number of ether oxygens (including phenoxy) is 1. The number of esters is 1. The van der Waals surface area contributed by atoms with Crippen molar-refractivity contribution in [1.82, 2.24) is 0 Å². The molecule has 1 aliphatic carbocycles. The van der Waals surface area contributed by atoms with Crippen molar-refractivity contribution in [2.24, 2.45) is 5.92 Å². The molecule has 0 aromatic heterocycles. The zero-order valence-corrected chi connectivity index (χ0v) is 8.75. The molecule has 0 atom stereocenters. The van der Waals surface area contributed by atoms with E-state index < -0.39 is 0 Å². The van der Waals surface area contributed by atoms with Crippen LogP contribution in [0.25, 0.3) is 0 Å². The number of carbonyl (C=O) groups is 2. The maximum absolute atomic E-state index is 11.3. The van der Waals surface area contributed by atoms with Gasteiger partial charge in [-0.3, -0.25) is 9.59 Å². The molecule has 0 radical (unpaired) electrons. The van der Waals surface area contributed by atoms with E-state index in [0.717, 1.165) is 25.7 Å². The Labute approximate surface area is 84.8 Å². The molecule has 0 aliphatic heterocycles. The molecule has 3 heteroatoms. The van der Waals surface area contributed by atoms with Gasteiger partial charge < -0.3 is 4.74 Å². The lowest BCUT2D eigenvalue weighted by Gasteiger charge is -2.01. The van der Waals surface area contributed by atoms with Crippen molar-refractivity contribution in [3.8, 4) is 0 Å². The summed E-state index contributed by atoms with van der Waals surface area (Å²) in [5, 5.41) is 0. The number of rotatable bonds is 7. The van der Waals surface area contributed by atoms with Gasteiger partial charge in [-0.25, -0.2) is 0 Å². The predicted molar refractivity (Wildman–Crippen MR) is 52.8 cm³/mol. The van der Waals surface area contributed by atoms with E-state index in [2.05, 4.69) is 0 Å². The molecule has 0 heterocycles. The molecule has 0 aromatic rings. The van der Waals surface area contributed by atoms with Crippen LogP contribution in [0.4, 0.5) is 0 Å². The summed E-state index contributed by atoms with van der Waals surface area (Å²) in [4.78, 5) is 22.2. The summed E-state index contributed by atoms with van der Waals surface area (Å²) < 4.78 is 4.78. The van der Waals surface area contributed by atoms with Crippen molar-refractivity contribution < 1.29 is 14.3 Å². The van der Waals surface area contributed by atoms with Gasteiger partial charge in [0.05, 0.1) is 6.61 Å². The Balaban J connectivity index is 1.93. The maximum Gasteiger partial charge on any atom is 0.305 e. The summed E-state index contributed by atoms with van der Waals surface area (Å²) in [6.07, 6.45) is 4.86. The second-order valence-corrected chi connectivity index (χ2v) is 3.75. The van der Waals surface area contributed by atoms with Gasteiger partial charge in [0.1, 0.15) is 5.78 Å². The Morgan fingerprint density at radius 1 is 1.21 bits per heavy atom. The van der Waals surface area contributed by atoms with Crippen LogP contribution in [0.1, 0.15) is 45.4 Å². The molecule has 0 saturated heterocycles. The van der Waals surface area contributed by atoms with E-state index in [1.165, 1.54) is 0 Å². The van der Waals surface area contributed by atoms with E-state index in [4.69, 9.17) is 4.74 Å². The Morgan fingerprint density at radius 3 is 2.43 bits per heavy atom. The van der Waals surface area contributed by atoms with Crippen molar-refractivity contribution in [2.45, 2.75) is 45.4 Å². The average Bonchev–Trinajstić information content (AvgIpc) is 2.95. The van der Waals surface area contributed by atoms with E-state index in [9.17, 15) is 9.59 Å². The Bertz CT molecular complexity index is 207. The normalized spacial score (nSPS) is 15.2. The molecule has 0 unspecified atom stereocenters. The van der Waals surface area contributed by atoms with E-state index in [1.54, 1.807) is 6.92 Å². The third-order valence-corrected chi connectivity index (χ3v) is 2.39. The van der Waals surface area contributed by atoms with Crippen LogP contribution in [-0.2, 0) is 14.3 Å². The lowest BCUT2D eigenvalue weighted by molar-refractivity contribution is -0.143. The largest absolute Gasteiger partial charge is 0.466 e. The van der Waals surface area contributed by atoms with E-state index in [0.29, 0.717) is 31.1 Å². The van der Waals surface area contributed by atoms with Gasteiger partial charge in [0, 0.05) is 18.8 Å². The first-order chi connectivity index (χ1) is 6.74. The van der Waals surface area contributed by atoms with E-state index >= 15 is 0 Å². The van der Waals surface area contributed by atoms with Crippen molar-refractivity contribution in [1.29, 1.82) is 0 Å². The minimum absolute atomic E-state index is 0.147. The van der Waals surface area contributed by atoms with Crippen LogP contribution >= 0.6 is 0 Å². The fraction of sp³-hybridized carbons (Fsp3) is 0.818. The molecule has 80 valence electrons. The summed E-state index contributed by atoms with van der Waals surface area (Å²) in [6.45, 7) is 2.24. The number of unbranched alkanes of at least 4 members (excludes halogenated alkanes) is 1. The molecule has 0 N–H and O–H groups in total. The SMILES string of the molecule is CCOC(=O)CCCCC(=O)C1CC1. The van der Waals surface area contributed by atoms with Gasteiger partial charge in [-0.1, -0.05) is 0 Å². The highest BCUT2D eigenvalue weighted by Crippen LogP contribution is 2.31. The van der Waals surface area contributed by atoms with E-state index in [-0.39, 0.29) is 5.97 Å². The van der Waals surface area contributed by atoms with Crippen LogP contribution in [-0.4, -0.2) is 18.4 Å². The highest BCUT2D eigenvalue weighted by atomic mass is 16.5. The molecular formula is C11H18O3. The highest BCUT2D eigenvalue weighted by Gasteiger charge is 2.28. The monoisotopic (exact) mass is 198 g/mol. The summed E-state index contributed by atoms with van der Waals surface area (Å²) in [5.74, 6) is 0.595. The number of ketones is 1. The molecule has 1 saturated carbocycles. The third-order valence-electron chi connectivity index (χ3n) is 2.39. The van der Waals surface area contributed by atoms with Gasteiger partial charge in [-0.15, -0.1) is 0 Å². The zero-order chi connectivity index (χ0) is 10.4. The van der Waals surface area contributed by atoms with Crippen LogP contribution < -0.4 is 0 Å². The molecule has 0 spiro atoms. The second-order valence-electron chi connectivity index (χ2n) is 3.75. The molecule has 1 fully saturated rings. The van der Waals surface area contributed by atoms with Crippen molar-refractivity contribution >= 4 is 11.8 Å². The molecule has 1 rings (SSSR count). The standard InChI is InChI=1S/C11H18O3/c1-2-14-11(13)6-4-3-5-10(12)9-7-8-9/h9H,2-8H2,1H3. The zero-order valence-electron chi connectivity index (χ0n) is 8.75. The molecule has 0 amide bonds. The van der Waals surface area contributed by atoms with Crippen molar-refractivity contribution in [2.75, 3.05) is 6.61 Å². The summed E-state index contributed by atoms with van der Waals surface area (Å²) >= 11 is 0. The first kappa shape index (κ1) is 11.2. The van der Waals surface area contributed by atoms with Crippen LogP contribution in [0.2, 0.25) is 0 Å². The van der Waals surface area contributed by atoms with Crippen LogP contribution in [0.15, 0.2) is 0 Å². The van der Waals surface area contributed by atoms with Gasteiger partial charge >= 0.3 is 5.97 Å². The molecule has 14 heavy (non-hydrogen) atoms. The van der Waals surface area contributed by atoms with Gasteiger partial charge in [-0.05, 0) is 32.6 Å². The maximum atomic E-state index is 11.3. The summed E-state index contributed by atoms with van der Waals surface area (Å²) in [7, 11) is 0. The lowest BCUT2D eigenvalue weighted by Crippen LogP contribution is -2.04. The third kappa shape index (κ3) is 4.40. The number of carbonyl (C=O) groups excluding carboxylic acids is 2. The lowest BCUT2D eigenvalue weighted by atomic mass is 10.1. The minimum Gasteiger partial charge on any atom is -0.466 e. The molecule has 0 aromatic carbocycles. The predicted octanol–water partition coefficient (Wildman–Crippen LogP) is 2.09. The second kappa shape index (κ2) is 5.78. The average molecular weight is 198 g/mol. The minimum atomic E-state index is -0.147. The Morgan fingerprint density at radius 2 is 1.86 bits per heavy atom. The molecule has 0 bridgehead atoms. The summed E-state index contributed by atoms with van der Waals surface area (Å²) in [6, 6.07) is 0. The number of Topliss-reactive ketones (excluding diaryl/α,β-unsaturated/α-hetero) is 1. The fourth-order valence-electron chi connectivity index (χ4n) is 1.41. The smallest absolute Gasteiger partial charge is 0.305 e. The van der Waals surface area contributed by atoms with Crippen molar-refractivity contribution in [3.63, 3.8) is 0 Å². The van der Waals surface area contributed by atoms with Crippen LogP contribution in [0, 0.1) is 5.92 Å². The first-order valence-corrected chi connectivity index (χ1v) is 5.42. The van der Waals surface area contributed by atoms with Gasteiger partial charge in [0.2, 0.25) is 0 Å². The fourth-order valence-corrected chi connectivity index (χ4v) is 1.41. The van der Waals surface area contributed by atoms with Crippen molar-refractivity contribution in [3.05, 3.63) is 0 Å². The molecule has 1 aliphatic rings. The van der Waals surface area contributed by atoms with Crippen LogP contribution in [0.5, 0.6) is 0 Å². The first-order valence-electron chi connectivity index (χ1n) is 5.42. The molecular weight excluding hydrogens is 180 g/mol. The van der Waals surface area contributed by atoms with Crippen LogP contribution in [0.3, 0.4) is 0 Å². The summed E-state index contributed by atoms with van der Waals surface area (Å²) in [5.41, 5.74) is 0. The van der Waals surface area contributed by atoms with Gasteiger partial charge in [-0.2, -0.15) is 0 Å². The number of hydrogen-bond acceptors (Lipinski definition) is 3. The topological polar surface area (TPSA) is 43.4 Å². The van der Waals surface area contributed by atoms with E-state index in [1.807, 2.05) is 0 Å². The quantitative estimate of drug-likeness (QED) is 0.464. The van der Waals surface area contributed by atoms with Gasteiger partial charge in [0.15, 0.2) is 0 Å². The number of hydrogen-bond donors (Lipinski definition) is 0. The Kier molecular flexibility index (Phi) is 4.63. The van der Waals surface area contributed by atoms with Gasteiger partial charge in [0.25, 0.3) is 0 Å².